The number of ketones is 1. The van der Waals surface area contributed by atoms with Crippen molar-refractivity contribution in [3.05, 3.63) is 71.0 Å². The average molecular weight is 426 g/mol. The van der Waals surface area contributed by atoms with Crippen LogP contribution in [-0.2, 0) is 14.3 Å². The predicted molar refractivity (Wildman–Crippen MR) is 113 cm³/mol. The zero-order valence-electron chi connectivity index (χ0n) is 17.4. The molecule has 0 saturated heterocycles. The van der Waals surface area contributed by atoms with Gasteiger partial charge in [-0.25, -0.2) is 4.79 Å². The van der Waals surface area contributed by atoms with E-state index in [1.54, 1.807) is 19.1 Å². The van der Waals surface area contributed by atoms with Crippen LogP contribution in [0, 0.1) is 5.92 Å². The topological polar surface area (TPSA) is 124 Å². The standard InChI is InChI=1S/C24H26O7/c1-3-17(13-5-9-15(25)10-6-13)19-21(28)22(29)23(31-24(19)30)18(4-2)20(27)14-7-11-16(26)12-8-14/h5-12,17-18,20,23,25-28H,3-4H2,1-2H3/t17?,18?,20-,23-/m1/s1. The summed E-state index contributed by atoms with van der Waals surface area (Å²) in [6.07, 6.45) is -1.74. The van der Waals surface area contributed by atoms with Crippen molar-refractivity contribution in [2.24, 2.45) is 5.92 Å². The van der Waals surface area contributed by atoms with Crippen LogP contribution in [0.5, 0.6) is 11.5 Å². The number of ether oxygens (including phenoxy) is 1. The SMILES string of the molecule is CCC(C1=C(O)C(=O)[C@@H](C(CC)[C@H](O)c2ccc(O)cc2)OC1=O)c1ccc(O)cc1. The van der Waals surface area contributed by atoms with Crippen LogP contribution in [0.2, 0.25) is 0 Å². The number of aromatic hydroxyl groups is 2. The number of cyclic esters (lactones) is 1. The number of carbonyl (C=O) groups is 2. The average Bonchev–Trinajstić information content (AvgIpc) is 2.76. The van der Waals surface area contributed by atoms with Crippen LogP contribution in [0.15, 0.2) is 59.9 Å². The number of esters is 1. The van der Waals surface area contributed by atoms with Gasteiger partial charge in [-0.3, -0.25) is 4.79 Å². The number of rotatable bonds is 7. The first-order valence-electron chi connectivity index (χ1n) is 10.2. The van der Waals surface area contributed by atoms with Gasteiger partial charge in [0.25, 0.3) is 0 Å². The number of phenols is 2. The minimum absolute atomic E-state index is 0.0363. The quantitative estimate of drug-likeness (QED) is 0.498. The zero-order chi connectivity index (χ0) is 22.7. The van der Waals surface area contributed by atoms with Crippen molar-refractivity contribution >= 4 is 11.8 Å². The van der Waals surface area contributed by atoms with Crippen molar-refractivity contribution < 1.29 is 34.8 Å². The van der Waals surface area contributed by atoms with Gasteiger partial charge in [-0.2, -0.15) is 0 Å². The Balaban J connectivity index is 1.93. The lowest BCUT2D eigenvalue weighted by molar-refractivity contribution is -0.161. The van der Waals surface area contributed by atoms with Crippen molar-refractivity contribution in [2.75, 3.05) is 0 Å². The van der Waals surface area contributed by atoms with Crippen LogP contribution >= 0.6 is 0 Å². The second-order valence-electron chi connectivity index (χ2n) is 7.61. The summed E-state index contributed by atoms with van der Waals surface area (Å²) >= 11 is 0. The number of hydrogen-bond donors (Lipinski definition) is 4. The minimum atomic E-state index is -1.33. The molecule has 0 amide bonds. The van der Waals surface area contributed by atoms with E-state index in [0.29, 0.717) is 24.0 Å². The fourth-order valence-corrected chi connectivity index (χ4v) is 4.02. The van der Waals surface area contributed by atoms with Crippen molar-refractivity contribution in [3.63, 3.8) is 0 Å². The summed E-state index contributed by atoms with van der Waals surface area (Å²) in [7, 11) is 0. The highest BCUT2D eigenvalue weighted by molar-refractivity contribution is 6.09. The number of aliphatic hydroxyl groups is 2. The number of hydrogen-bond acceptors (Lipinski definition) is 7. The van der Waals surface area contributed by atoms with E-state index in [1.165, 1.54) is 36.4 Å². The van der Waals surface area contributed by atoms with Crippen molar-refractivity contribution in [1.82, 2.24) is 0 Å². The van der Waals surface area contributed by atoms with Gasteiger partial charge in [0.1, 0.15) is 11.5 Å². The lowest BCUT2D eigenvalue weighted by atomic mass is 9.81. The van der Waals surface area contributed by atoms with Crippen molar-refractivity contribution in [2.45, 2.75) is 44.8 Å². The normalized spacial score (nSPS) is 19.6. The van der Waals surface area contributed by atoms with Crippen LogP contribution in [0.1, 0.15) is 49.8 Å². The van der Waals surface area contributed by atoms with Crippen LogP contribution in [0.4, 0.5) is 0 Å². The molecule has 0 radical (unpaired) electrons. The summed E-state index contributed by atoms with van der Waals surface area (Å²) in [5.74, 6) is -3.48. The summed E-state index contributed by atoms with van der Waals surface area (Å²) in [6.45, 7) is 3.56. The molecule has 31 heavy (non-hydrogen) atoms. The Labute approximate surface area is 180 Å². The summed E-state index contributed by atoms with van der Waals surface area (Å²) < 4.78 is 5.46. The van der Waals surface area contributed by atoms with Gasteiger partial charge in [0.2, 0.25) is 5.78 Å². The molecule has 2 aromatic carbocycles. The Morgan fingerprint density at radius 2 is 1.35 bits per heavy atom. The van der Waals surface area contributed by atoms with E-state index in [2.05, 4.69) is 0 Å². The van der Waals surface area contributed by atoms with E-state index < -0.39 is 41.6 Å². The molecule has 4 N–H and O–H groups in total. The van der Waals surface area contributed by atoms with Crippen molar-refractivity contribution in [1.29, 1.82) is 0 Å². The first-order chi connectivity index (χ1) is 14.8. The molecule has 164 valence electrons. The molecule has 0 aliphatic carbocycles. The van der Waals surface area contributed by atoms with Crippen LogP contribution in [0.3, 0.4) is 0 Å². The lowest BCUT2D eigenvalue weighted by Gasteiger charge is -2.33. The zero-order valence-corrected chi connectivity index (χ0v) is 17.4. The van der Waals surface area contributed by atoms with E-state index in [9.17, 15) is 30.0 Å². The number of Topliss-reactive ketones (excluding diaryl/α,β-unsaturated/α-hetero) is 1. The summed E-state index contributed by atoms with van der Waals surface area (Å²) in [4.78, 5) is 25.9. The highest BCUT2D eigenvalue weighted by atomic mass is 16.6. The Hall–Kier alpha value is -3.32. The first kappa shape index (κ1) is 22.4. The monoisotopic (exact) mass is 426 g/mol. The second kappa shape index (κ2) is 9.22. The number of benzene rings is 2. The van der Waals surface area contributed by atoms with Gasteiger partial charge in [0, 0.05) is 11.8 Å². The van der Waals surface area contributed by atoms with Gasteiger partial charge in [-0.15, -0.1) is 0 Å². The third kappa shape index (κ3) is 4.41. The predicted octanol–water partition coefficient (Wildman–Crippen LogP) is 3.66. The van der Waals surface area contributed by atoms with Crippen LogP contribution in [0.25, 0.3) is 0 Å². The molecule has 2 unspecified atom stereocenters. The molecular weight excluding hydrogens is 400 g/mol. The highest BCUT2D eigenvalue weighted by Gasteiger charge is 2.45. The molecule has 4 atom stereocenters. The molecule has 7 heteroatoms. The highest BCUT2D eigenvalue weighted by Crippen LogP contribution is 2.38. The first-order valence-corrected chi connectivity index (χ1v) is 10.2. The maximum Gasteiger partial charge on any atom is 0.339 e. The summed E-state index contributed by atoms with van der Waals surface area (Å²) in [6, 6.07) is 12.1. The van der Waals surface area contributed by atoms with E-state index in [0.717, 1.165) is 0 Å². The Morgan fingerprint density at radius 3 is 1.84 bits per heavy atom. The molecule has 0 fully saturated rings. The second-order valence-corrected chi connectivity index (χ2v) is 7.61. The Kier molecular flexibility index (Phi) is 6.65. The van der Waals surface area contributed by atoms with Crippen LogP contribution in [-0.4, -0.2) is 38.3 Å². The molecule has 0 aromatic heterocycles. The molecule has 0 saturated carbocycles. The van der Waals surface area contributed by atoms with Gasteiger partial charge in [-0.05, 0) is 48.2 Å². The smallest absolute Gasteiger partial charge is 0.339 e. The molecule has 1 aliphatic rings. The molecule has 0 spiro atoms. The number of aliphatic hydroxyl groups excluding tert-OH is 2. The van der Waals surface area contributed by atoms with Gasteiger partial charge in [0.05, 0.1) is 11.7 Å². The molecule has 0 bridgehead atoms. The van der Waals surface area contributed by atoms with Crippen molar-refractivity contribution in [3.8, 4) is 11.5 Å². The van der Waals surface area contributed by atoms with E-state index in [1.807, 2.05) is 6.92 Å². The van der Waals surface area contributed by atoms with Crippen LogP contribution < -0.4 is 0 Å². The Bertz CT molecular complexity index is 976. The largest absolute Gasteiger partial charge is 0.508 e. The third-order valence-corrected chi connectivity index (χ3v) is 5.75. The van der Waals surface area contributed by atoms with Gasteiger partial charge in [-0.1, -0.05) is 38.1 Å². The molecule has 2 aromatic rings. The maximum atomic E-state index is 13.0. The van der Waals surface area contributed by atoms with Gasteiger partial charge in [0.15, 0.2) is 11.9 Å². The van der Waals surface area contributed by atoms with E-state index in [4.69, 9.17) is 4.74 Å². The van der Waals surface area contributed by atoms with Gasteiger partial charge >= 0.3 is 5.97 Å². The summed E-state index contributed by atoms with van der Waals surface area (Å²) in [5.41, 5.74) is 0.989. The molecule has 1 heterocycles. The van der Waals surface area contributed by atoms with E-state index >= 15 is 0 Å². The minimum Gasteiger partial charge on any atom is -0.508 e. The molecular formula is C24H26O7. The maximum absolute atomic E-state index is 13.0. The Morgan fingerprint density at radius 1 is 0.839 bits per heavy atom. The molecule has 1 aliphatic heterocycles. The molecule has 3 rings (SSSR count). The fraction of sp³-hybridized carbons (Fsp3) is 0.333. The molecule has 7 nitrogen and oxygen atoms in total. The van der Waals surface area contributed by atoms with Gasteiger partial charge < -0.3 is 25.2 Å². The fourth-order valence-electron chi connectivity index (χ4n) is 4.02. The third-order valence-electron chi connectivity index (χ3n) is 5.75. The number of carbonyl (C=O) groups excluding carboxylic acids is 2. The number of phenolic OH excluding ortho intramolecular Hbond substituents is 2. The van der Waals surface area contributed by atoms with E-state index in [-0.39, 0.29) is 17.1 Å². The summed E-state index contributed by atoms with van der Waals surface area (Å²) in [5, 5.41) is 40.4. The lowest BCUT2D eigenvalue weighted by Crippen LogP contribution is -2.43.